The largest absolute Gasteiger partial charge is 0.386 e. The summed E-state index contributed by atoms with van der Waals surface area (Å²) in [7, 11) is 0. The van der Waals surface area contributed by atoms with Crippen LogP contribution < -0.4 is 0 Å². The zero-order valence-corrected chi connectivity index (χ0v) is 22.3. The first-order chi connectivity index (χ1) is 15.3. The molecule has 0 aliphatic heterocycles. The van der Waals surface area contributed by atoms with E-state index in [1.165, 1.54) is 0 Å². The van der Waals surface area contributed by atoms with Crippen molar-refractivity contribution in [2.75, 3.05) is 0 Å². The fourth-order valence-electron chi connectivity index (χ4n) is 5.12. The molecule has 1 aliphatic rings. The Hall–Kier alpha value is -1.72. The lowest BCUT2D eigenvalue weighted by atomic mass is 9.63. The first-order valence-corrected chi connectivity index (χ1v) is 12.6. The predicted molar refractivity (Wildman–Crippen MR) is 138 cm³/mol. The molecular weight excluding hydrogens is 424 g/mol. The minimum absolute atomic E-state index is 0.346. The number of rotatable bonds is 6. The summed E-state index contributed by atoms with van der Waals surface area (Å²) >= 11 is 0. The molecule has 188 valence electrons. The van der Waals surface area contributed by atoms with Gasteiger partial charge in [0.05, 0.1) is 22.4 Å². The number of benzene rings is 2. The maximum atomic E-state index is 10.9. The molecule has 1 saturated carbocycles. The fraction of sp³-hybridized carbons (Fsp3) is 0.600. The molecule has 4 N–H and O–H groups in total. The highest BCUT2D eigenvalue weighted by molar-refractivity contribution is 5.49. The van der Waals surface area contributed by atoms with Crippen molar-refractivity contribution in [3.8, 4) is 0 Å². The normalized spacial score (nSPS) is 17.6. The predicted octanol–water partition coefficient (Wildman–Crippen LogP) is 5.85. The van der Waals surface area contributed by atoms with Gasteiger partial charge < -0.3 is 20.4 Å². The summed E-state index contributed by atoms with van der Waals surface area (Å²) in [6, 6.07) is 12.1. The van der Waals surface area contributed by atoms with E-state index in [0.29, 0.717) is 0 Å². The van der Waals surface area contributed by atoms with Crippen LogP contribution in [0, 0.1) is 0 Å². The molecule has 0 saturated heterocycles. The molecule has 0 unspecified atom stereocenters. The smallest absolute Gasteiger partial charge is 0.0840 e. The number of hydrogen-bond acceptors (Lipinski definition) is 4. The quantitative estimate of drug-likeness (QED) is 0.429. The average molecular weight is 469 g/mol. The van der Waals surface area contributed by atoms with Gasteiger partial charge in [-0.2, -0.15) is 0 Å². The van der Waals surface area contributed by atoms with Gasteiger partial charge in [-0.1, -0.05) is 55.7 Å². The number of hydrogen-bond donors (Lipinski definition) is 4. The van der Waals surface area contributed by atoms with Crippen LogP contribution in [0.3, 0.4) is 0 Å². The van der Waals surface area contributed by atoms with Crippen LogP contribution in [-0.4, -0.2) is 20.4 Å². The van der Waals surface area contributed by atoms with Gasteiger partial charge in [-0.15, -0.1) is 0 Å². The van der Waals surface area contributed by atoms with Gasteiger partial charge in [0.25, 0.3) is 0 Å². The van der Waals surface area contributed by atoms with E-state index in [4.69, 9.17) is 0 Å². The molecule has 4 nitrogen and oxygen atoms in total. The van der Waals surface area contributed by atoms with Crippen LogP contribution in [0.15, 0.2) is 36.4 Å². The van der Waals surface area contributed by atoms with E-state index >= 15 is 0 Å². The highest BCUT2D eigenvalue weighted by atomic mass is 16.3. The molecule has 34 heavy (non-hydrogen) atoms. The van der Waals surface area contributed by atoms with Crippen LogP contribution in [0.25, 0.3) is 0 Å². The van der Waals surface area contributed by atoms with Crippen molar-refractivity contribution in [3.05, 3.63) is 69.8 Å². The summed E-state index contributed by atoms with van der Waals surface area (Å²) in [5.74, 6) is 0. The van der Waals surface area contributed by atoms with Crippen molar-refractivity contribution in [2.45, 2.75) is 115 Å². The fourth-order valence-corrected chi connectivity index (χ4v) is 5.12. The lowest BCUT2D eigenvalue weighted by Gasteiger charge is -2.41. The van der Waals surface area contributed by atoms with Gasteiger partial charge >= 0.3 is 0 Å². The third-order valence-electron chi connectivity index (χ3n) is 7.50. The second-order valence-electron chi connectivity index (χ2n) is 12.5. The van der Waals surface area contributed by atoms with Crippen molar-refractivity contribution < 1.29 is 20.4 Å². The molecule has 1 aliphatic carbocycles. The Morgan fingerprint density at radius 2 is 0.735 bits per heavy atom. The highest BCUT2D eigenvalue weighted by Crippen LogP contribution is 2.48. The first kappa shape index (κ1) is 26.9. The van der Waals surface area contributed by atoms with Gasteiger partial charge in [0.1, 0.15) is 0 Å². The van der Waals surface area contributed by atoms with E-state index in [-0.39, 0.29) is 5.41 Å². The van der Waals surface area contributed by atoms with Crippen LogP contribution in [0.4, 0.5) is 0 Å². The number of aliphatic hydroxyl groups is 4. The summed E-state index contributed by atoms with van der Waals surface area (Å²) in [6.45, 7) is 14.2. The molecule has 0 amide bonds. The molecule has 2 aromatic carbocycles. The zero-order chi connectivity index (χ0) is 25.7. The van der Waals surface area contributed by atoms with Crippen LogP contribution in [0.1, 0.15) is 121 Å². The third kappa shape index (κ3) is 5.57. The standard InChI is InChI=1S/C30H44O4/c1-26(2,31)20-14-21(27(3,4)32)17-24(16-20)30(12-10-9-11-13-30)25-18-22(28(5,6)33)15-23(19-25)29(7,8)34/h14-19,31-34H,9-13H2,1-8H3. The van der Waals surface area contributed by atoms with E-state index in [9.17, 15) is 20.4 Å². The minimum Gasteiger partial charge on any atom is -0.386 e. The second kappa shape index (κ2) is 8.74. The molecule has 3 rings (SSSR count). The monoisotopic (exact) mass is 468 g/mol. The van der Waals surface area contributed by atoms with Crippen LogP contribution in [-0.2, 0) is 27.8 Å². The summed E-state index contributed by atoms with van der Waals surface area (Å²) in [5.41, 5.74) is 0.651. The molecule has 0 aromatic heterocycles. The molecule has 2 aromatic rings. The lowest BCUT2D eigenvalue weighted by molar-refractivity contribution is 0.0707. The van der Waals surface area contributed by atoms with Gasteiger partial charge in [0.15, 0.2) is 0 Å². The topological polar surface area (TPSA) is 80.9 Å². The lowest BCUT2D eigenvalue weighted by Crippen LogP contribution is -2.33. The third-order valence-corrected chi connectivity index (χ3v) is 7.50. The molecule has 0 atom stereocenters. The highest BCUT2D eigenvalue weighted by Gasteiger charge is 2.39. The van der Waals surface area contributed by atoms with Crippen LogP contribution in [0.2, 0.25) is 0 Å². The molecule has 0 bridgehead atoms. The Kier molecular flexibility index (Phi) is 6.91. The maximum absolute atomic E-state index is 10.9. The van der Waals surface area contributed by atoms with Gasteiger partial charge in [0.2, 0.25) is 0 Å². The van der Waals surface area contributed by atoms with E-state index < -0.39 is 22.4 Å². The molecule has 0 spiro atoms. The summed E-state index contributed by atoms with van der Waals surface area (Å²) < 4.78 is 0. The maximum Gasteiger partial charge on any atom is 0.0840 e. The molecular formula is C30H44O4. The Morgan fingerprint density at radius 1 is 0.471 bits per heavy atom. The second-order valence-corrected chi connectivity index (χ2v) is 12.5. The van der Waals surface area contributed by atoms with Crippen LogP contribution >= 0.6 is 0 Å². The van der Waals surface area contributed by atoms with Gasteiger partial charge in [-0.05, 0) is 102 Å². The Bertz CT molecular complexity index is 876. The zero-order valence-electron chi connectivity index (χ0n) is 22.3. The average Bonchev–Trinajstić information content (AvgIpc) is 2.71. The van der Waals surface area contributed by atoms with Gasteiger partial charge in [-0.25, -0.2) is 0 Å². The molecule has 1 fully saturated rings. The Balaban J connectivity index is 2.38. The minimum atomic E-state index is -1.06. The Morgan fingerprint density at radius 3 is 0.971 bits per heavy atom. The summed E-state index contributed by atoms with van der Waals surface area (Å²) in [4.78, 5) is 0. The SMILES string of the molecule is CC(C)(O)c1cc(C(C)(C)O)cc(C2(c3cc(C(C)(C)O)cc(C(C)(C)O)c3)CCCCC2)c1. The van der Waals surface area contributed by atoms with Crippen molar-refractivity contribution in [2.24, 2.45) is 0 Å². The molecule has 0 heterocycles. The van der Waals surface area contributed by atoms with E-state index in [2.05, 4.69) is 24.3 Å². The van der Waals surface area contributed by atoms with E-state index in [1.54, 1.807) is 55.4 Å². The summed E-state index contributed by atoms with van der Waals surface area (Å²) in [5, 5.41) is 43.6. The van der Waals surface area contributed by atoms with Crippen LogP contribution in [0.5, 0.6) is 0 Å². The van der Waals surface area contributed by atoms with Crippen molar-refractivity contribution in [3.63, 3.8) is 0 Å². The Labute approximate surface area is 205 Å². The summed E-state index contributed by atoms with van der Waals surface area (Å²) in [6.07, 6.45) is 5.14. The van der Waals surface area contributed by atoms with Crippen molar-refractivity contribution in [1.82, 2.24) is 0 Å². The van der Waals surface area contributed by atoms with Gasteiger partial charge in [-0.3, -0.25) is 0 Å². The van der Waals surface area contributed by atoms with Crippen molar-refractivity contribution >= 4 is 0 Å². The van der Waals surface area contributed by atoms with E-state index in [0.717, 1.165) is 65.5 Å². The molecule has 0 radical (unpaired) electrons. The molecule has 4 heteroatoms. The van der Waals surface area contributed by atoms with Gasteiger partial charge in [0, 0.05) is 5.41 Å². The first-order valence-electron chi connectivity index (χ1n) is 12.6. The van der Waals surface area contributed by atoms with Crippen molar-refractivity contribution in [1.29, 1.82) is 0 Å². The van der Waals surface area contributed by atoms with E-state index in [1.807, 2.05) is 12.1 Å².